The number of hydrogen-bond acceptors (Lipinski definition) is 6. The molecule has 2 amide bonds. The van der Waals surface area contributed by atoms with E-state index in [4.69, 9.17) is 9.84 Å². The van der Waals surface area contributed by atoms with Crippen molar-refractivity contribution in [1.82, 2.24) is 20.0 Å². The van der Waals surface area contributed by atoms with Crippen molar-refractivity contribution in [3.63, 3.8) is 0 Å². The summed E-state index contributed by atoms with van der Waals surface area (Å²) in [4.78, 5) is 29.3. The van der Waals surface area contributed by atoms with E-state index in [1.807, 2.05) is 11.7 Å². The van der Waals surface area contributed by atoms with Crippen molar-refractivity contribution in [3.8, 4) is 5.75 Å². The van der Waals surface area contributed by atoms with Crippen LogP contribution in [0.5, 0.6) is 5.75 Å². The molecule has 0 bridgehead atoms. The summed E-state index contributed by atoms with van der Waals surface area (Å²) >= 11 is 3.57. The number of ether oxygens (including phenoxy) is 1. The number of para-hydroxylation sites is 1. The van der Waals surface area contributed by atoms with Crippen molar-refractivity contribution in [2.24, 2.45) is 13.0 Å². The SMILES string of the molecule is Cc1cc(OC2CCC(CCCCN3CCN(c4cccc5c(C6CCC(=O)NC6=O)nn(C)c45)CC3)CC2)ccc1Br. The number of carbonyl (C=O) groups is 2. The van der Waals surface area contributed by atoms with Crippen molar-refractivity contribution in [2.45, 2.75) is 76.7 Å². The van der Waals surface area contributed by atoms with Crippen LogP contribution in [0.4, 0.5) is 5.69 Å². The molecule has 2 aliphatic heterocycles. The van der Waals surface area contributed by atoms with Crippen LogP contribution < -0.4 is 15.0 Å². The van der Waals surface area contributed by atoms with Gasteiger partial charge in [-0.05, 0) is 87.7 Å². The van der Waals surface area contributed by atoms with Gasteiger partial charge in [-0.25, -0.2) is 0 Å². The Balaban J connectivity index is 0.938. The number of nitrogens with zero attached hydrogens (tertiary/aromatic N) is 4. The molecule has 0 spiro atoms. The van der Waals surface area contributed by atoms with Crippen molar-refractivity contribution >= 4 is 44.3 Å². The van der Waals surface area contributed by atoms with Gasteiger partial charge in [0.1, 0.15) is 5.75 Å². The molecule has 1 saturated carbocycles. The number of imide groups is 1. The highest BCUT2D eigenvalue weighted by atomic mass is 79.9. The van der Waals surface area contributed by atoms with E-state index in [1.165, 1.54) is 62.7 Å². The average molecular weight is 651 g/mol. The number of hydrogen-bond donors (Lipinski definition) is 1. The van der Waals surface area contributed by atoms with E-state index in [-0.39, 0.29) is 17.7 Å². The van der Waals surface area contributed by atoms with E-state index >= 15 is 0 Å². The van der Waals surface area contributed by atoms with Crippen molar-refractivity contribution in [1.29, 1.82) is 0 Å². The van der Waals surface area contributed by atoms with E-state index < -0.39 is 0 Å². The monoisotopic (exact) mass is 649 g/mol. The van der Waals surface area contributed by atoms with Crippen LogP contribution in [0.25, 0.3) is 10.9 Å². The van der Waals surface area contributed by atoms with Gasteiger partial charge in [-0.1, -0.05) is 40.9 Å². The minimum atomic E-state index is -0.377. The highest BCUT2D eigenvalue weighted by Gasteiger charge is 2.32. The number of piperazine rings is 1. The Morgan fingerprint density at radius 1 is 1.00 bits per heavy atom. The zero-order chi connectivity index (χ0) is 29.9. The van der Waals surface area contributed by atoms with E-state index in [9.17, 15) is 9.59 Å². The lowest BCUT2D eigenvalue weighted by Gasteiger charge is -2.36. The van der Waals surface area contributed by atoms with Crippen molar-refractivity contribution in [3.05, 3.63) is 52.1 Å². The first-order chi connectivity index (χ1) is 20.9. The van der Waals surface area contributed by atoms with Crippen LogP contribution in [0.15, 0.2) is 40.9 Å². The Bertz CT molecular complexity index is 1460. The van der Waals surface area contributed by atoms with Crippen LogP contribution in [0.2, 0.25) is 0 Å². The number of nitrogens with one attached hydrogen (secondary N) is 1. The molecule has 3 aromatic rings. The number of aromatic nitrogens is 2. The summed E-state index contributed by atoms with van der Waals surface area (Å²) in [5.41, 5.74) is 4.26. The van der Waals surface area contributed by atoms with E-state index in [0.717, 1.165) is 58.9 Å². The maximum absolute atomic E-state index is 12.6. The highest BCUT2D eigenvalue weighted by molar-refractivity contribution is 9.10. The molecule has 3 heterocycles. The van der Waals surface area contributed by atoms with Gasteiger partial charge in [-0.2, -0.15) is 5.10 Å². The van der Waals surface area contributed by atoms with Gasteiger partial charge in [0.2, 0.25) is 11.8 Å². The van der Waals surface area contributed by atoms with Crippen molar-refractivity contribution in [2.75, 3.05) is 37.6 Å². The number of amides is 2. The van der Waals surface area contributed by atoms with Crippen molar-refractivity contribution < 1.29 is 14.3 Å². The van der Waals surface area contributed by atoms with Gasteiger partial charge in [-0.15, -0.1) is 0 Å². The van der Waals surface area contributed by atoms with E-state index in [2.05, 4.69) is 74.4 Å². The number of carbonyl (C=O) groups excluding carboxylic acids is 2. The Labute approximate surface area is 263 Å². The summed E-state index contributed by atoms with van der Waals surface area (Å²) < 4.78 is 9.34. The summed E-state index contributed by atoms with van der Waals surface area (Å²) in [6.45, 7) is 7.38. The first-order valence-electron chi connectivity index (χ1n) is 16.0. The normalized spacial score (nSPS) is 23.5. The third-order valence-electron chi connectivity index (χ3n) is 9.72. The van der Waals surface area contributed by atoms with E-state index in [0.29, 0.717) is 18.9 Å². The molecule has 3 aliphatic rings. The number of rotatable bonds is 9. The second kappa shape index (κ2) is 13.4. The lowest BCUT2D eigenvalue weighted by atomic mass is 9.84. The second-order valence-electron chi connectivity index (χ2n) is 12.7. The smallest absolute Gasteiger partial charge is 0.235 e. The van der Waals surface area contributed by atoms with Gasteiger partial charge in [0.25, 0.3) is 0 Å². The third-order valence-corrected chi connectivity index (χ3v) is 10.6. The quantitative estimate of drug-likeness (QED) is 0.223. The molecule has 3 fully saturated rings. The predicted octanol–water partition coefficient (Wildman–Crippen LogP) is 6.09. The second-order valence-corrected chi connectivity index (χ2v) is 13.5. The fourth-order valence-corrected chi connectivity index (χ4v) is 7.46. The maximum atomic E-state index is 12.6. The van der Waals surface area contributed by atoms with Gasteiger partial charge >= 0.3 is 0 Å². The van der Waals surface area contributed by atoms with Crippen LogP contribution in [-0.2, 0) is 16.6 Å². The Hall–Kier alpha value is -2.91. The summed E-state index contributed by atoms with van der Waals surface area (Å²) in [6.07, 6.45) is 10.0. The molecule has 8 nitrogen and oxygen atoms in total. The lowest BCUT2D eigenvalue weighted by Crippen LogP contribution is -2.46. The fraction of sp³-hybridized carbons (Fsp3) is 0.559. The van der Waals surface area contributed by atoms with Gasteiger partial charge in [0.15, 0.2) is 0 Å². The summed E-state index contributed by atoms with van der Waals surface area (Å²) in [5, 5.41) is 8.28. The van der Waals surface area contributed by atoms with Crippen LogP contribution in [0.1, 0.15) is 75.0 Å². The molecule has 43 heavy (non-hydrogen) atoms. The molecule has 9 heteroatoms. The molecule has 2 saturated heterocycles. The van der Waals surface area contributed by atoms with Crippen LogP contribution >= 0.6 is 15.9 Å². The summed E-state index contributed by atoms with van der Waals surface area (Å²) in [7, 11) is 1.96. The first kappa shape index (κ1) is 30.1. The minimum Gasteiger partial charge on any atom is -0.490 e. The Morgan fingerprint density at radius 2 is 1.79 bits per heavy atom. The molecule has 2 aromatic carbocycles. The predicted molar refractivity (Wildman–Crippen MR) is 174 cm³/mol. The molecule has 1 aliphatic carbocycles. The molecular formula is C34H44BrN5O3. The van der Waals surface area contributed by atoms with E-state index in [1.54, 1.807) is 0 Å². The van der Waals surface area contributed by atoms with Crippen LogP contribution in [0, 0.1) is 12.8 Å². The minimum absolute atomic E-state index is 0.194. The van der Waals surface area contributed by atoms with Gasteiger partial charge < -0.3 is 9.64 Å². The fourth-order valence-electron chi connectivity index (χ4n) is 7.21. The topological polar surface area (TPSA) is 79.7 Å². The largest absolute Gasteiger partial charge is 0.490 e. The van der Waals surface area contributed by atoms with Crippen LogP contribution in [0.3, 0.4) is 0 Å². The Kier molecular flexibility index (Phi) is 9.38. The molecule has 1 atom stereocenters. The number of halogens is 1. The maximum Gasteiger partial charge on any atom is 0.235 e. The van der Waals surface area contributed by atoms with Gasteiger partial charge in [0, 0.05) is 49.5 Å². The highest BCUT2D eigenvalue weighted by Crippen LogP contribution is 2.35. The third kappa shape index (κ3) is 6.93. The zero-order valence-corrected chi connectivity index (χ0v) is 27.1. The number of anilines is 1. The number of aryl methyl sites for hydroxylation is 2. The molecule has 1 N–H and O–H groups in total. The zero-order valence-electron chi connectivity index (χ0n) is 25.5. The van der Waals surface area contributed by atoms with Gasteiger partial charge in [0.05, 0.1) is 28.9 Å². The summed E-state index contributed by atoms with van der Waals surface area (Å²) in [6, 6.07) is 12.6. The summed E-state index contributed by atoms with van der Waals surface area (Å²) in [5.74, 6) is 1.04. The molecule has 230 valence electrons. The first-order valence-corrected chi connectivity index (χ1v) is 16.8. The molecule has 1 aromatic heterocycles. The number of fused-ring (bicyclic) bond motifs is 1. The van der Waals surface area contributed by atoms with Crippen LogP contribution in [-0.4, -0.2) is 65.3 Å². The number of piperidine rings is 1. The standard InChI is InChI=1S/C34H44BrN5O3/c1-23-22-26(13-15-29(23)35)43-25-11-9-24(10-12-25)6-3-4-17-39-18-20-40(21-19-39)30-8-5-7-27-32(37-38(2)33(27)30)28-14-16-31(41)36-34(28)42/h5,7-8,13,15,22,24-25,28H,3-4,6,9-12,14,16-21H2,1-2H3,(H,36,41,42). The molecule has 0 radical (unpaired) electrons. The lowest BCUT2D eigenvalue weighted by molar-refractivity contribution is -0.134. The van der Waals surface area contributed by atoms with Gasteiger partial charge in [-0.3, -0.25) is 24.5 Å². The molecule has 1 unspecified atom stereocenters. The molecular weight excluding hydrogens is 606 g/mol. The Morgan fingerprint density at radius 3 is 2.53 bits per heavy atom. The molecule has 6 rings (SSSR count). The average Bonchev–Trinajstić information content (AvgIpc) is 3.34. The number of benzene rings is 2. The number of unbranched alkanes of at least 4 members (excludes halogenated alkanes) is 1.